The lowest BCUT2D eigenvalue weighted by molar-refractivity contribution is 0.0808. The average molecular weight is 229 g/mol. The standard InChI is InChI=1S/C12H17ClO2/c1-8-5-11(15-4)10(13)6-9(8)7-12(2,3)14/h5-6,14H,7H2,1-4H3. The fourth-order valence-corrected chi connectivity index (χ4v) is 1.77. The summed E-state index contributed by atoms with van der Waals surface area (Å²) in [5.41, 5.74) is 1.41. The Balaban J connectivity index is 3.05. The number of aliphatic hydroxyl groups is 1. The van der Waals surface area contributed by atoms with Crippen molar-refractivity contribution in [3.05, 3.63) is 28.3 Å². The fourth-order valence-electron chi connectivity index (χ4n) is 1.51. The molecule has 0 aromatic heterocycles. The molecule has 0 saturated heterocycles. The quantitative estimate of drug-likeness (QED) is 0.862. The van der Waals surface area contributed by atoms with E-state index in [2.05, 4.69) is 0 Å². The van der Waals surface area contributed by atoms with E-state index in [4.69, 9.17) is 16.3 Å². The second-order valence-electron chi connectivity index (χ2n) is 4.40. The van der Waals surface area contributed by atoms with E-state index in [9.17, 15) is 5.11 Å². The molecule has 0 saturated carbocycles. The number of halogens is 1. The van der Waals surface area contributed by atoms with Crippen molar-refractivity contribution in [2.24, 2.45) is 0 Å². The number of hydrogen-bond donors (Lipinski definition) is 1. The van der Waals surface area contributed by atoms with Crippen LogP contribution >= 0.6 is 11.6 Å². The highest BCUT2D eigenvalue weighted by molar-refractivity contribution is 6.32. The molecule has 1 aromatic carbocycles. The van der Waals surface area contributed by atoms with Crippen molar-refractivity contribution in [3.63, 3.8) is 0 Å². The number of rotatable bonds is 3. The van der Waals surface area contributed by atoms with Gasteiger partial charge in [0.25, 0.3) is 0 Å². The van der Waals surface area contributed by atoms with Crippen LogP contribution in [0.3, 0.4) is 0 Å². The molecule has 84 valence electrons. The number of hydrogen-bond acceptors (Lipinski definition) is 2. The van der Waals surface area contributed by atoms with Gasteiger partial charge in [0.2, 0.25) is 0 Å². The van der Waals surface area contributed by atoms with Crippen molar-refractivity contribution >= 4 is 11.6 Å². The molecular weight excluding hydrogens is 212 g/mol. The molecule has 1 N–H and O–H groups in total. The molecule has 2 nitrogen and oxygen atoms in total. The molecule has 1 rings (SSSR count). The van der Waals surface area contributed by atoms with Gasteiger partial charge in [-0.15, -0.1) is 0 Å². The SMILES string of the molecule is COc1cc(C)c(CC(C)(C)O)cc1Cl. The molecule has 15 heavy (non-hydrogen) atoms. The van der Waals surface area contributed by atoms with Crippen LogP contribution in [0.4, 0.5) is 0 Å². The van der Waals surface area contributed by atoms with Crippen LogP contribution in [0.1, 0.15) is 25.0 Å². The molecule has 0 aliphatic carbocycles. The van der Waals surface area contributed by atoms with E-state index in [1.807, 2.05) is 19.1 Å². The third-order valence-electron chi connectivity index (χ3n) is 2.23. The first-order valence-corrected chi connectivity index (χ1v) is 5.26. The van der Waals surface area contributed by atoms with Gasteiger partial charge in [0.15, 0.2) is 0 Å². The Labute approximate surface area is 95.8 Å². The summed E-state index contributed by atoms with van der Waals surface area (Å²) in [6.45, 7) is 5.55. The van der Waals surface area contributed by atoms with Crippen LogP contribution in [0.5, 0.6) is 5.75 Å². The maximum atomic E-state index is 9.74. The molecule has 0 heterocycles. The summed E-state index contributed by atoms with van der Waals surface area (Å²) in [6, 6.07) is 3.75. The first-order chi connectivity index (χ1) is 6.83. The first-order valence-electron chi connectivity index (χ1n) is 4.89. The monoisotopic (exact) mass is 228 g/mol. The van der Waals surface area contributed by atoms with Gasteiger partial charge in [-0.3, -0.25) is 0 Å². The Hall–Kier alpha value is -0.730. The smallest absolute Gasteiger partial charge is 0.137 e. The Bertz CT molecular complexity index is 353. The molecule has 0 radical (unpaired) electrons. The van der Waals surface area contributed by atoms with E-state index in [0.717, 1.165) is 11.1 Å². The van der Waals surface area contributed by atoms with Crippen LogP contribution in [0.15, 0.2) is 12.1 Å². The number of aryl methyl sites for hydroxylation is 1. The van der Waals surface area contributed by atoms with Gasteiger partial charge in [0.05, 0.1) is 17.7 Å². The van der Waals surface area contributed by atoms with Gasteiger partial charge in [-0.25, -0.2) is 0 Å². The van der Waals surface area contributed by atoms with Crippen LogP contribution in [-0.4, -0.2) is 17.8 Å². The summed E-state index contributed by atoms with van der Waals surface area (Å²) in [6.07, 6.45) is 0.586. The van der Waals surface area contributed by atoms with Crippen LogP contribution in [0.25, 0.3) is 0 Å². The number of ether oxygens (including phenoxy) is 1. The molecule has 3 heteroatoms. The van der Waals surface area contributed by atoms with Gasteiger partial charge in [-0.2, -0.15) is 0 Å². The van der Waals surface area contributed by atoms with Crippen molar-refractivity contribution in [2.45, 2.75) is 32.8 Å². The van der Waals surface area contributed by atoms with Gasteiger partial charge >= 0.3 is 0 Å². The van der Waals surface area contributed by atoms with Crippen molar-refractivity contribution in [2.75, 3.05) is 7.11 Å². The van der Waals surface area contributed by atoms with Crippen molar-refractivity contribution in [1.29, 1.82) is 0 Å². The van der Waals surface area contributed by atoms with Crippen LogP contribution < -0.4 is 4.74 Å². The maximum absolute atomic E-state index is 9.74. The van der Waals surface area contributed by atoms with E-state index in [-0.39, 0.29) is 0 Å². The average Bonchev–Trinajstić information content (AvgIpc) is 2.08. The topological polar surface area (TPSA) is 29.5 Å². The summed E-state index contributed by atoms with van der Waals surface area (Å²) < 4.78 is 5.12. The minimum Gasteiger partial charge on any atom is -0.495 e. The van der Waals surface area contributed by atoms with Crippen molar-refractivity contribution in [1.82, 2.24) is 0 Å². The highest BCUT2D eigenvalue weighted by Crippen LogP contribution is 2.29. The maximum Gasteiger partial charge on any atom is 0.137 e. The second kappa shape index (κ2) is 4.42. The molecule has 0 bridgehead atoms. The molecule has 0 unspecified atom stereocenters. The van der Waals surface area contributed by atoms with E-state index < -0.39 is 5.60 Å². The Morgan fingerprint density at radius 1 is 1.40 bits per heavy atom. The zero-order valence-corrected chi connectivity index (χ0v) is 10.4. The van der Waals surface area contributed by atoms with E-state index >= 15 is 0 Å². The molecule has 0 atom stereocenters. The zero-order chi connectivity index (χ0) is 11.6. The molecule has 0 aliphatic rings. The van der Waals surface area contributed by atoms with Crippen molar-refractivity contribution < 1.29 is 9.84 Å². The van der Waals surface area contributed by atoms with Crippen molar-refractivity contribution in [3.8, 4) is 5.75 Å². The highest BCUT2D eigenvalue weighted by Gasteiger charge is 2.16. The minimum atomic E-state index is -0.720. The lowest BCUT2D eigenvalue weighted by Gasteiger charge is -2.19. The molecule has 0 aliphatic heterocycles. The lowest BCUT2D eigenvalue weighted by Crippen LogP contribution is -2.22. The van der Waals surface area contributed by atoms with Gasteiger partial charge in [-0.05, 0) is 44.0 Å². The van der Waals surface area contributed by atoms with E-state index in [0.29, 0.717) is 17.2 Å². The first kappa shape index (κ1) is 12.3. The van der Waals surface area contributed by atoms with Gasteiger partial charge in [0.1, 0.15) is 5.75 Å². The van der Waals surface area contributed by atoms with Gasteiger partial charge in [0, 0.05) is 6.42 Å². The normalized spacial score (nSPS) is 11.6. The second-order valence-corrected chi connectivity index (χ2v) is 4.81. The summed E-state index contributed by atoms with van der Waals surface area (Å²) in [5.74, 6) is 0.675. The highest BCUT2D eigenvalue weighted by atomic mass is 35.5. The summed E-state index contributed by atoms with van der Waals surface area (Å²) in [7, 11) is 1.59. The van der Waals surface area contributed by atoms with E-state index in [1.54, 1.807) is 21.0 Å². The zero-order valence-electron chi connectivity index (χ0n) is 9.60. The summed E-state index contributed by atoms with van der Waals surface area (Å²) in [5, 5.41) is 10.3. The molecule has 0 fully saturated rings. The van der Waals surface area contributed by atoms with Gasteiger partial charge in [-0.1, -0.05) is 11.6 Å². The Morgan fingerprint density at radius 2 is 2.00 bits per heavy atom. The largest absolute Gasteiger partial charge is 0.495 e. The van der Waals surface area contributed by atoms with E-state index in [1.165, 1.54) is 0 Å². The van der Waals surface area contributed by atoms with Gasteiger partial charge < -0.3 is 9.84 Å². The third kappa shape index (κ3) is 3.40. The molecule has 0 spiro atoms. The third-order valence-corrected chi connectivity index (χ3v) is 2.53. The summed E-state index contributed by atoms with van der Waals surface area (Å²) >= 11 is 6.02. The Morgan fingerprint density at radius 3 is 2.47 bits per heavy atom. The van der Waals surface area contributed by atoms with Crippen LogP contribution in [0, 0.1) is 6.92 Å². The van der Waals surface area contributed by atoms with Crippen LogP contribution in [0.2, 0.25) is 5.02 Å². The fraction of sp³-hybridized carbons (Fsp3) is 0.500. The molecule has 0 amide bonds. The predicted molar refractivity (Wildman–Crippen MR) is 62.7 cm³/mol. The molecular formula is C12H17ClO2. The predicted octanol–water partition coefficient (Wildman–Crippen LogP) is 2.97. The Kier molecular flexibility index (Phi) is 3.63. The number of benzene rings is 1. The number of methoxy groups -OCH3 is 1. The van der Waals surface area contributed by atoms with Crippen LogP contribution in [-0.2, 0) is 6.42 Å². The summed E-state index contributed by atoms with van der Waals surface area (Å²) in [4.78, 5) is 0. The lowest BCUT2D eigenvalue weighted by atomic mass is 9.95. The minimum absolute atomic E-state index is 0.586. The molecule has 1 aromatic rings.